The molecular formula is C29H32F5N9O3. The first-order chi connectivity index (χ1) is 21.8. The predicted octanol–water partition coefficient (Wildman–Crippen LogP) is 2.86. The van der Waals surface area contributed by atoms with E-state index in [1.807, 2.05) is 0 Å². The molecule has 6 rings (SSSR count). The summed E-state index contributed by atoms with van der Waals surface area (Å²) in [7, 11) is 1.33. The second kappa shape index (κ2) is 12.0. The van der Waals surface area contributed by atoms with E-state index in [9.17, 15) is 36.3 Å². The van der Waals surface area contributed by atoms with E-state index < -0.39 is 36.3 Å². The van der Waals surface area contributed by atoms with Crippen LogP contribution in [0.25, 0.3) is 11.3 Å². The van der Waals surface area contributed by atoms with E-state index in [-0.39, 0.29) is 47.4 Å². The lowest BCUT2D eigenvalue weighted by Crippen LogP contribution is -2.46. The zero-order valence-electron chi connectivity index (χ0n) is 24.9. The largest absolute Gasteiger partial charge is 0.435 e. The second-order valence-corrected chi connectivity index (χ2v) is 11.9. The number of fused-ring (bicyclic) bond motifs is 1. The van der Waals surface area contributed by atoms with Crippen molar-refractivity contribution < 1.29 is 36.3 Å². The predicted molar refractivity (Wildman–Crippen MR) is 154 cm³/mol. The molecule has 17 heteroatoms. The first-order valence-corrected chi connectivity index (χ1v) is 14.7. The summed E-state index contributed by atoms with van der Waals surface area (Å²) < 4.78 is 68.1. The van der Waals surface area contributed by atoms with Crippen molar-refractivity contribution in [1.82, 2.24) is 40.2 Å². The molecule has 2 aliphatic heterocycles. The Labute approximate surface area is 259 Å². The van der Waals surface area contributed by atoms with Crippen LogP contribution in [0, 0.1) is 18.8 Å². The van der Waals surface area contributed by atoms with Gasteiger partial charge in [0.05, 0.1) is 17.5 Å². The fourth-order valence-electron chi connectivity index (χ4n) is 6.29. The number of rotatable bonds is 8. The van der Waals surface area contributed by atoms with Gasteiger partial charge in [-0.05, 0) is 43.7 Å². The van der Waals surface area contributed by atoms with Crippen molar-refractivity contribution in [1.29, 1.82) is 0 Å². The molecule has 1 aromatic carbocycles. The number of piperidine rings is 1. The van der Waals surface area contributed by atoms with Crippen molar-refractivity contribution in [2.75, 3.05) is 31.5 Å². The molecule has 0 radical (unpaired) electrons. The van der Waals surface area contributed by atoms with Crippen LogP contribution in [-0.2, 0) is 19.8 Å². The van der Waals surface area contributed by atoms with E-state index in [0.29, 0.717) is 34.6 Å². The summed E-state index contributed by atoms with van der Waals surface area (Å²) in [5.74, 6) is -0.841. The maximum Gasteiger partial charge on any atom is 0.435 e. The number of alkyl halides is 5. The molecule has 4 N–H and O–H groups in total. The van der Waals surface area contributed by atoms with Gasteiger partial charge < -0.3 is 30.7 Å². The normalized spacial score (nSPS) is 22.2. The summed E-state index contributed by atoms with van der Waals surface area (Å²) in [6.07, 6.45) is -5.05. The van der Waals surface area contributed by atoms with Crippen LogP contribution in [0.4, 0.5) is 32.4 Å². The second-order valence-electron chi connectivity index (χ2n) is 11.9. The van der Waals surface area contributed by atoms with Crippen molar-refractivity contribution in [3.05, 3.63) is 53.2 Å². The topological polar surface area (TPSA) is 138 Å². The number of nitrogens with zero attached hydrogens (tertiary/aromatic N) is 5. The number of aryl methyl sites for hydroxylation is 1. The summed E-state index contributed by atoms with van der Waals surface area (Å²) in [6, 6.07) is 4.71. The van der Waals surface area contributed by atoms with Gasteiger partial charge in [-0.1, -0.05) is 0 Å². The number of amides is 4. The molecule has 0 unspecified atom stereocenters. The molecule has 12 nitrogen and oxygen atoms in total. The van der Waals surface area contributed by atoms with Gasteiger partial charge in [0.1, 0.15) is 6.54 Å². The highest BCUT2D eigenvalue weighted by molar-refractivity contribution is 6.03. The van der Waals surface area contributed by atoms with Gasteiger partial charge in [0.25, 0.3) is 18.2 Å². The fraction of sp³-hybridized carbons (Fsp3) is 0.483. The smallest absolute Gasteiger partial charge is 0.349 e. The SMILES string of the molecule is Cc1cc(NC(=O)c2ncc(-c3cn(CC(F)F)nc3C(F)(F)F)n2C)ccc1C(=O)N[C@H]1[C@@H]2CN(C(=O)N[C@H]3CCNC3)C[C@@H]21. The van der Waals surface area contributed by atoms with Gasteiger partial charge in [0.2, 0.25) is 0 Å². The highest BCUT2D eigenvalue weighted by Gasteiger charge is 2.57. The third-order valence-corrected chi connectivity index (χ3v) is 8.72. The average Bonchev–Trinajstić information content (AvgIpc) is 3.58. The van der Waals surface area contributed by atoms with Crippen LogP contribution in [0.1, 0.15) is 38.7 Å². The van der Waals surface area contributed by atoms with Gasteiger partial charge in [-0.3, -0.25) is 14.3 Å². The number of urea groups is 1. The summed E-state index contributed by atoms with van der Waals surface area (Å²) in [5.41, 5.74) is -0.694. The van der Waals surface area contributed by atoms with E-state index in [4.69, 9.17) is 0 Å². The molecule has 4 atom stereocenters. The van der Waals surface area contributed by atoms with Gasteiger partial charge >= 0.3 is 12.2 Å². The van der Waals surface area contributed by atoms with E-state index in [1.165, 1.54) is 13.1 Å². The Kier molecular flexibility index (Phi) is 8.20. The minimum absolute atomic E-state index is 0.0265. The van der Waals surface area contributed by atoms with E-state index in [1.54, 1.807) is 24.0 Å². The summed E-state index contributed by atoms with van der Waals surface area (Å²) in [6.45, 7) is 3.49. The number of carbonyl (C=O) groups excluding carboxylic acids is 3. The Morgan fingerprint density at radius 2 is 1.85 bits per heavy atom. The van der Waals surface area contributed by atoms with Gasteiger partial charge in [-0.25, -0.2) is 18.6 Å². The van der Waals surface area contributed by atoms with Gasteiger partial charge in [0.15, 0.2) is 11.5 Å². The van der Waals surface area contributed by atoms with Gasteiger partial charge in [-0.15, -0.1) is 0 Å². The fourth-order valence-corrected chi connectivity index (χ4v) is 6.29. The number of hydrogen-bond acceptors (Lipinski definition) is 6. The quantitative estimate of drug-likeness (QED) is 0.277. The zero-order chi connectivity index (χ0) is 32.9. The number of halogens is 5. The maximum absolute atomic E-state index is 13.6. The average molecular weight is 650 g/mol. The lowest BCUT2D eigenvalue weighted by atomic mass is 10.1. The number of anilines is 1. The Balaban J connectivity index is 1.06. The molecule has 3 fully saturated rings. The molecule has 4 heterocycles. The molecule has 0 spiro atoms. The molecule has 2 aromatic heterocycles. The zero-order valence-corrected chi connectivity index (χ0v) is 24.9. The van der Waals surface area contributed by atoms with E-state index in [2.05, 4.69) is 31.3 Å². The number of hydrogen-bond donors (Lipinski definition) is 4. The monoisotopic (exact) mass is 649 g/mol. The third-order valence-electron chi connectivity index (χ3n) is 8.72. The summed E-state index contributed by atoms with van der Waals surface area (Å²) in [4.78, 5) is 44.4. The molecule has 3 aromatic rings. The molecule has 1 aliphatic carbocycles. The molecule has 1 saturated carbocycles. The maximum atomic E-state index is 13.6. The lowest BCUT2D eigenvalue weighted by molar-refractivity contribution is -0.141. The Morgan fingerprint density at radius 1 is 1.11 bits per heavy atom. The molecule has 4 amide bonds. The first-order valence-electron chi connectivity index (χ1n) is 14.7. The third kappa shape index (κ3) is 6.27. The lowest BCUT2D eigenvalue weighted by Gasteiger charge is -2.23. The number of carbonyl (C=O) groups is 3. The van der Waals surface area contributed by atoms with Gasteiger partial charge in [0, 0.05) is 68.0 Å². The van der Waals surface area contributed by atoms with Crippen LogP contribution >= 0.6 is 0 Å². The van der Waals surface area contributed by atoms with Crippen molar-refractivity contribution in [2.45, 2.75) is 44.6 Å². The molecule has 3 aliphatic rings. The highest BCUT2D eigenvalue weighted by atomic mass is 19.4. The number of likely N-dealkylation sites (tertiary alicyclic amines) is 1. The van der Waals surface area contributed by atoms with Crippen LogP contribution in [-0.4, -0.2) is 86.8 Å². The number of aromatic nitrogens is 4. The summed E-state index contributed by atoms with van der Waals surface area (Å²) >= 11 is 0. The number of nitrogens with one attached hydrogen (secondary N) is 4. The highest BCUT2D eigenvalue weighted by Crippen LogP contribution is 2.45. The Morgan fingerprint density at radius 3 is 2.48 bits per heavy atom. The standard InChI is InChI=1S/C29H32F5N9O3/c1-14-7-15(3-4-17(14)26(44)39-23-18-10-42(11-19(18)23)28(46)38-16-5-6-35-8-16)37-27(45)25-36-9-21(41(25)2)20-12-43(13-22(30)31)40-24(20)29(32,33)34/h3-4,7,9,12,16,18-19,22-23,35H,5-6,8,10-11,13H2,1-2H3,(H,37,45)(H,38,46)(H,39,44)/t16-,18-,19+,23+/m0/s1. The van der Waals surface area contributed by atoms with Crippen LogP contribution in [0.2, 0.25) is 0 Å². The minimum Gasteiger partial charge on any atom is -0.349 e. The van der Waals surface area contributed by atoms with Crippen LogP contribution in [0.3, 0.4) is 0 Å². The van der Waals surface area contributed by atoms with Crippen molar-refractivity contribution in [3.63, 3.8) is 0 Å². The van der Waals surface area contributed by atoms with E-state index in [0.717, 1.165) is 36.5 Å². The van der Waals surface area contributed by atoms with Crippen molar-refractivity contribution in [2.24, 2.45) is 18.9 Å². The van der Waals surface area contributed by atoms with Crippen LogP contribution < -0.4 is 21.3 Å². The molecule has 2 saturated heterocycles. The minimum atomic E-state index is -4.93. The van der Waals surface area contributed by atoms with Crippen molar-refractivity contribution in [3.8, 4) is 11.3 Å². The van der Waals surface area contributed by atoms with E-state index >= 15 is 0 Å². The molecule has 246 valence electrons. The number of imidazole rings is 1. The molecule has 46 heavy (non-hydrogen) atoms. The molecular weight excluding hydrogens is 617 g/mol. The van der Waals surface area contributed by atoms with Crippen molar-refractivity contribution >= 4 is 23.5 Å². The summed E-state index contributed by atoms with van der Waals surface area (Å²) in [5, 5.41) is 15.2. The van der Waals surface area contributed by atoms with Gasteiger partial charge in [-0.2, -0.15) is 18.3 Å². The molecule has 0 bridgehead atoms. The van der Waals surface area contributed by atoms with Crippen LogP contribution in [0.15, 0.2) is 30.6 Å². The Bertz CT molecular complexity index is 1650. The number of benzene rings is 1. The first kappa shape index (κ1) is 31.4. The van der Waals surface area contributed by atoms with Crippen LogP contribution in [0.5, 0.6) is 0 Å². The Hall–Kier alpha value is -4.54.